The standard InChI is InChI=1S/C52H47N/c1-34-27-36(29-42(37-19-11-7-12-20-37)38-21-13-8-14-22-38)30-47-49(34)43-32-46-44(33-45(43)51(47,3)4)50-35(2)28-41(31-48(50)52(46,5)6)53(39-23-15-9-16-24-39)40-25-17-10-18-26-40/h7-28,30-33,42H,29H2,1-6H3. The molecule has 7 aromatic rings. The lowest BCUT2D eigenvalue weighted by Crippen LogP contribution is -2.18. The molecule has 0 amide bonds. The molecule has 53 heavy (non-hydrogen) atoms. The molecule has 0 atom stereocenters. The maximum absolute atomic E-state index is 2.56. The number of anilines is 3. The summed E-state index contributed by atoms with van der Waals surface area (Å²) in [6, 6.07) is 58.5. The minimum absolute atomic E-state index is 0.117. The number of rotatable bonds is 7. The summed E-state index contributed by atoms with van der Waals surface area (Å²) in [7, 11) is 0. The highest BCUT2D eigenvalue weighted by Crippen LogP contribution is 2.58. The first kappa shape index (κ1) is 33.2. The van der Waals surface area contributed by atoms with Crippen molar-refractivity contribution in [3.05, 3.63) is 208 Å². The third-order valence-corrected chi connectivity index (χ3v) is 12.2. The van der Waals surface area contributed by atoms with E-state index >= 15 is 0 Å². The molecule has 1 nitrogen and oxygen atoms in total. The van der Waals surface area contributed by atoms with Crippen molar-refractivity contribution in [2.45, 2.75) is 64.7 Å². The molecule has 2 aliphatic carbocycles. The van der Waals surface area contributed by atoms with Gasteiger partial charge >= 0.3 is 0 Å². The first-order valence-electron chi connectivity index (χ1n) is 19.1. The molecule has 7 aromatic carbocycles. The molecule has 0 saturated heterocycles. The van der Waals surface area contributed by atoms with Gasteiger partial charge in [-0.15, -0.1) is 0 Å². The summed E-state index contributed by atoms with van der Waals surface area (Å²) in [4.78, 5) is 2.40. The van der Waals surface area contributed by atoms with Gasteiger partial charge in [0.15, 0.2) is 0 Å². The van der Waals surface area contributed by atoms with E-state index in [1.807, 2.05) is 0 Å². The van der Waals surface area contributed by atoms with Crippen LogP contribution in [0.2, 0.25) is 0 Å². The topological polar surface area (TPSA) is 3.24 Å². The predicted octanol–water partition coefficient (Wildman–Crippen LogP) is 13.8. The van der Waals surface area contributed by atoms with Crippen molar-refractivity contribution in [2.24, 2.45) is 0 Å². The summed E-state index contributed by atoms with van der Waals surface area (Å²) in [5.74, 6) is 0.301. The van der Waals surface area contributed by atoms with Crippen LogP contribution in [-0.2, 0) is 17.3 Å². The van der Waals surface area contributed by atoms with Gasteiger partial charge in [0.05, 0.1) is 0 Å². The Balaban J connectivity index is 1.14. The van der Waals surface area contributed by atoms with Gasteiger partial charge in [-0.05, 0) is 141 Å². The number of para-hydroxylation sites is 2. The Labute approximate surface area is 315 Å². The number of fused-ring (bicyclic) bond motifs is 6. The van der Waals surface area contributed by atoms with E-state index in [-0.39, 0.29) is 10.8 Å². The van der Waals surface area contributed by atoms with Crippen molar-refractivity contribution < 1.29 is 0 Å². The second-order valence-electron chi connectivity index (χ2n) is 16.3. The molecule has 1 heteroatoms. The van der Waals surface area contributed by atoms with E-state index in [4.69, 9.17) is 0 Å². The number of nitrogens with zero attached hydrogens (tertiary/aromatic N) is 1. The average Bonchev–Trinajstić information content (AvgIpc) is 3.54. The summed E-state index contributed by atoms with van der Waals surface area (Å²) in [6.07, 6.45) is 0.968. The van der Waals surface area contributed by atoms with Crippen molar-refractivity contribution in [3.63, 3.8) is 0 Å². The van der Waals surface area contributed by atoms with Crippen LogP contribution in [-0.4, -0.2) is 0 Å². The summed E-state index contributed by atoms with van der Waals surface area (Å²) >= 11 is 0. The van der Waals surface area contributed by atoms with Gasteiger partial charge in [0, 0.05) is 33.8 Å². The number of aryl methyl sites for hydroxylation is 2. The maximum atomic E-state index is 2.56. The SMILES string of the molecule is Cc1cc(CC(c2ccccc2)c2ccccc2)cc2c1-c1cc3c(cc1C2(C)C)-c1c(C)cc(N(c2ccccc2)c2ccccc2)cc1C3(C)C. The quantitative estimate of drug-likeness (QED) is 0.161. The third kappa shape index (κ3) is 5.36. The van der Waals surface area contributed by atoms with Crippen LogP contribution in [0.5, 0.6) is 0 Å². The molecule has 0 radical (unpaired) electrons. The van der Waals surface area contributed by atoms with Crippen molar-refractivity contribution in [1.29, 1.82) is 0 Å². The highest BCUT2D eigenvalue weighted by Gasteiger charge is 2.43. The average molecular weight is 686 g/mol. The second kappa shape index (κ2) is 12.5. The van der Waals surface area contributed by atoms with Crippen LogP contribution in [0.15, 0.2) is 158 Å². The number of hydrogen-bond donors (Lipinski definition) is 0. The molecule has 0 saturated carbocycles. The van der Waals surface area contributed by atoms with Crippen LogP contribution in [0.25, 0.3) is 22.3 Å². The molecule has 260 valence electrons. The summed E-state index contributed by atoms with van der Waals surface area (Å²) in [5, 5.41) is 0. The molecule has 0 fully saturated rings. The Morgan fingerprint density at radius 3 is 1.32 bits per heavy atom. The molecular formula is C52H47N. The van der Waals surface area contributed by atoms with Crippen LogP contribution < -0.4 is 4.90 Å². The first-order valence-corrected chi connectivity index (χ1v) is 19.1. The molecule has 0 unspecified atom stereocenters. The van der Waals surface area contributed by atoms with Crippen LogP contribution in [0.3, 0.4) is 0 Å². The van der Waals surface area contributed by atoms with Crippen molar-refractivity contribution in [3.8, 4) is 22.3 Å². The second-order valence-corrected chi connectivity index (χ2v) is 16.3. The highest BCUT2D eigenvalue weighted by atomic mass is 15.1. The van der Waals surface area contributed by atoms with Gasteiger partial charge in [0.25, 0.3) is 0 Å². The molecule has 0 N–H and O–H groups in total. The van der Waals surface area contributed by atoms with Gasteiger partial charge in [-0.1, -0.05) is 137 Å². The summed E-state index contributed by atoms with van der Waals surface area (Å²) in [5.41, 5.74) is 21.4. The van der Waals surface area contributed by atoms with Crippen molar-refractivity contribution in [1.82, 2.24) is 0 Å². The van der Waals surface area contributed by atoms with Crippen molar-refractivity contribution in [2.75, 3.05) is 4.90 Å². The van der Waals surface area contributed by atoms with E-state index < -0.39 is 0 Å². The van der Waals surface area contributed by atoms with Crippen LogP contribution in [0.1, 0.15) is 83.7 Å². The molecule has 0 spiro atoms. The fourth-order valence-electron chi connectivity index (χ4n) is 9.55. The molecule has 9 rings (SSSR count). The fourth-order valence-corrected chi connectivity index (χ4v) is 9.55. The van der Waals surface area contributed by atoms with Crippen LogP contribution in [0.4, 0.5) is 17.1 Å². The van der Waals surface area contributed by atoms with Gasteiger partial charge in [-0.3, -0.25) is 0 Å². The lowest BCUT2D eigenvalue weighted by molar-refractivity contribution is 0.650. The van der Waals surface area contributed by atoms with Gasteiger partial charge in [-0.25, -0.2) is 0 Å². The molecule has 0 aliphatic heterocycles. The Morgan fingerprint density at radius 1 is 0.434 bits per heavy atom. The van der Waals surface area contributed by atoms with Crippen LogP contribution in [0, 0.1) is 13.8 Å². The zero-order valence-corrected chi connectivity index (χ0v) is 31.7. The summed E-state index contributed by atoms with van der Waals surface area (Å²) < 4.78 is 0. The Kier molecular flexibility index (Phi) is 7.82. The normalized spacial score (nSPS) is 14.4. The van der Waals surface area contributed by atoms with E-state index in [2.05, 4.69) is 204 Å². The zero-order chi connectivity index (χ0) is 36.5. The van der Waals surface area contributed by atoms with Gasteiger partial charge in [0.2, 0.25) is 0 Å². The maximum Gasteiger partial charge on any atom is 0.0467 e. The fraction of sp³-hybridized carbons (Fsp3) is 0.192. The lowest BCUT2D eigenvalue weighted by atomic mass is 9.78. The Bertz CT molecular complexity index is 2390. The number of benzene rings is 7. The molecular weight excluding hydrogens is 639 g/mol. The lowest BCUT2D eigenvalue weighted by Gasteiger charge is -2.28. The van der Waals surface area contributed by atoms with E-state index in [0.717, 1.165) is 17.8 Å². The predicted molar refractivity (Wildman–Crippen MR) is 224 cm³/mol. The Morgan fingerprint density at radius 2 is 0.849 bits per heavy atom. The minimum atomic E-state index is -0.154. The van der Waals surface area contributed by atoms with E-state index in [0.29, 0.717) is 5.92 Å². The van der Waals surface area contributed by atoms with E-state index in [1.165, 1.54) is 78.0 Å². The largest absolute Gasteiger partial charge is 0.310 e. The van der Waals surface area contributed by atoms with Crippen LogP contribution >= 0.6 is 0 Å². The molecule has 0 heterocycles. The molecule has 2 aliphatic rings. The monoisotopic (exact) mass is 685 g/mol. The summed E-state index contributed by atoms with van der Waals surface area (Å²) in [6.45, 7) is 14.4. The first-order chi connectivity index (χ1) is 25.6. The highest BCUT2D eigenvalue weighted by molar-refractivity contribution is 5.93. The molecule has 0 bridgehead atoms. The zero-order valence-electron chi connectivity index (χ0n) is 31.7. The van der Waals surface area contributed by atoms with Gasteiger partial charge < -0.3 is 4.90 Å². The van der Waals surface area contributed by atoms with Gasteiger partial charge in [-0.2, -0.15) is 0 Å². The smallest absolute Gasteiger partial charge is 0.0467 e. The van der Waals surface area contributed by atoms with E-state index in [1.54, 1.807) is 0 Å². The number of hydrogen-bond acceptors (Lipinski definition) is 1. The minimum Gasteiger partial charge on any atom is -0.310 e. The van der Waals surface area contributed by atoms with Crippen molar-refractivity contribution >= 4 is 17.1 Å². The van der Waals surface area contributed by atoms with Gasteiger partial charge in [0.1, 0.15) is 0 Å². The third-order valence-electron chi connectivity index (χ3n) is 12.2. The van der Waals surface area contributed by atoms with E-state index in [9.17, 15) is 0 Å². The molecule has 0 aromatic heterocycles. The Hall–Kier alpha value is -5.66.